The van der Waals surface area contributed by atoms with Crippen molar-refractivity contribution >= 4 is 11.6 Å². The van der Waals surface area contributed by atoms with Crippen molar-refractivity contribution in [3.8, 4) is 5.75 Å². The van der Waals surface area contributed by atoms with E-state index in [4.69, 9.17) is 25.8 Å². The van der Waals surface area contributed by atoms with Crippen LogP contribution in [0, 0.1) is 0 Å². The molecule has 1 unspecified atom stereocenters. The Morgan fingerprint density at radius 2 is 2.10 bits per heavy atom. The number of ether oxygens (including phenoxy) is 3. The van der Waals surface area contributed by atoms with Gasteiger partial charge in [-0.3, -0.25) is 0 Å². The van der Waals surface area contributed by atoms with Crippen molar-refractivity contribution in [2.75, 3.05) is 19.8 Å². The predicted molar refractivity (Wildman–Crippen MR) is 79.8 cm³/mol. The summed E-state index contributed by atoms with van der Waals surface area (Å²) in [6.45, 7) is 2.13. The van der Waals surface area contributed by atoms with Gasteiger partial charge in [-0.25, -0.2) is 0 Å². The fourth-order valence-electron chi connectivity index (χ4n) is 3.15. The van der Waals surface area contributed by atoms with Crippen molar-refractivity contribution in [3.63, 3.8) is 0 Å². The number of hydrogen-bond acceptors (Lipinski definition) is 4. The summed E-state index contributed by atoms with van der Waals surface area (Å²) in [4.78, 5) is 0. The minimum atomic E-state index is -0.109. The molecule has 0 saturated carbocycles. The van der Waals surface area contributed by atoms with Gasteiger partial charge >= 0.3 is 0 Å². The van der Waals surface area contributed by atoms with Crippen molar-refractivity contribution < 1.29 is 19.3 Å². The molecule has 0 bridgehead atoms. The summed E-state index contributed by atoms with van der Waals surface area (Å²) in [5, 5.41) is 9.98. The Morgan fingerprint density at radius 1 is 1.29 bits per heavy atom. The minimum absolute atomic E-state index is 0.0713. The average molecular weight is 313 g/mol. The predicted octanol–water partition coefficient (Wildman–Crippen LogP) is 2.94. The first-order valence-corrected chi connectivity index (χ1v) is 7.87. The van der Waals surface area contributed by atoms with E-state index in [9.17, 15) is 5.11 Å². The van der Waals surface area contributed by atoms with Crippen LogP contribution in [0.3, 0.4) is 0 Å². The number of aliphatic hydroxyl groups is 1. The molecule has 3 rings (SSSR count). The van der Waals surface area contributed by atoms with E-state index in [1.54, 1.807) is 6.07 Å². The molecule has 0 radical (unpaired) electrons. The maximum absolute atomic E-state index is 9.43. The molecule has 2 saturated heterocycles. The quantitative estimate of drug-likeness (QED) is 0.932. The van der Waals surface area contributed by atoms with Crippen LogP contribution in [0.25, 0.3) is 0 Å². The first-order chi connectivity index (χ1) is 10.2. The SMILES string of the molecule is OCc1cccc(Cl)c1OC1CCOC2(CCOCC2)C1. The summed E-state index contributed by atoms with van der Waals surface area (Å²) in [7, 11) is 0. The Morgan fingerprint density at radius 3 is 2.86 bits per heavy atom. The Kier molecular flexibility index (Phi) is 4.69. The highest BCUT2D eigenvalue weighted by Gasteiger charge is 2.40. The third kappa shape index (κ3) is 3.34. The number of para-hydroxylation sites is 1. The van der Waals surface area contributed by atoms with Crippen molar-refractivity contribution in [1.29, 1.82) is 0 Å². The summed E-state index contributed by atoms with van der Waals surface area (Å²) in [5.74, 6) is 0.607. The van der Waals surface area contributed by atoms with Gasteiger partial charge in [-0.05, 0) is 18.9 Å². The van der Waals surface area contributed by atoms with E-state index in [1.807, 2.05) is 12.1 Å². The third-order valence-corrected chi connectivity index (χ3v) is 4.65. The molecule has 1 N–H and O–H groups in total. The lowest BCUT2D eigenvalue weighted by Gasteiger charge is -2.43. The molecular formula is C16H21ClO4. The van der Waals surface area contributed by atoms with Crippen molar-refractivity contribution in [2.45, 2.75) is 44.0 Å². The molecule has 1 atom stereocenters. The van der Waals surface area contributed by atoms with E-state index in [1.165, 1.54) is 0 Å². The molecule has 0 amide bonds. The fourth-order valence-corrected chi connectivity index (χ4v) is 3.39. The van der Waals surface area contributed by atoms with Crippen molar-refractivity contribution in [3.05, 3.63) is 28.8 Å². The normalized spacial score (nSPS) is 25.0. The molecule has 4 nitrogen and oxygen atoms in total. The Balaban J connectivity index is 1.73. The molecule has 21 heavy (non-hydrogen) atoms. The maximum atomic E-state index is 9.43. The first-order valence-electron chi connectivity index (χ1n) is 7.49. The second kappa shape index (κ2) is 6.53. The van der Waals surface area contributed by atoms with Crippen LogP contribution in [-0.4, -0.2) is 36.6 Å². The highest BCUT2D eigenvalue weighted by Crippen LogP contribution is 2.37. The summed E-state index contributed by atoms with van der Waals surface area (Å²) in [5.41, 5.74) is 0.622. The summed E-state index contributed by atoms with van der Waals surface area (Å²) < 4.78 is 17.6. The third-order valence-electron chi connectivity index (χ3n) is 4.36. The lowest BCUT2D eigenvalue weighted by Crippen LogP contribution is -2.47. The highest BCUT2D eigenvalue weighted by molar-refractivity contribution is 6.32. The van der Waals surface area contributed by atoms with Crippen LogP contribution in [0.1, 0.15) is 31.2 Å². The minimum Gasteiger partial charge on any atom is -0.488 e. The molecule has 2 aliphatic heterocycles. The number of halogens is 1. The van der Waals surface area contributed by atoms with Crippen LogP contribution in [0.15, 0.2) is 18.2 Å². The van der Waals surface area contributed by atoms with E-state index < -0.39 is 0 Å². The Labute approximate surface area is 130 Å². The molecule has 2 fully saturated rings. The summed E-state index contributed by atoms with van der Waals surface area (Å²) in [6.07, 6.45) is 3.61. The zero-order chi connectivity index (χ0) is 14.7. The van der Waals surface area contributed by atoms with Gasteiger partial charge in [0.25, 0.3) is 0 Å². The molecule has 116 valence electrons. The highest BCUT2D eigenvalue weighted by atomic mass is 35.5. The zero-order valence-electron chi connectivity index (χ0n) is 12.0. The molecule has 1 aromatic rings. The van der Waals surface area contributed by atoms with Gasteiger partial charge in [0.15, 0.2) is 0 Å². The number of benzene rings is 1. The van der Waals surface area contributed by atoms with E-state index in [2.05, 4.69) is 0 Å². The Bertz CT molecular complexity index is 480. The van der Waals surface area contributed by atoms with Crippen LogP contribution in [0.2, 0.25) is 5.02 Å². The molecule has 0 aliphatic carbocycles. The molecule has 1 aromatic carbocycles. The number of hydrogen-bond donors (Lipinski definition) is 1. The number of aliphatic hydroxyl groups excluding tert-OH is 1. The van der Waals surface area contributed by atoms with Gasteiger partial charge in [-0.15, -0.1) is 0 Å². The van der Waals surface area contributed by atoms with Crippen LogP contribution in [0.4, 0.5) is 0 Å². The van der Waals surface area contributed by atoms with E-state index in [0.29, 0.717) is 17.4 Å². The van der Waals surface area contributed by atoms with Gasteiger partial charge in [0.2, 0.25) is 0 Å². The molecule has 2 heterocycles. The summed E-state index contributed by atoms with van der Waals surface area (Å²) >= 11 is 6.22. The molecule has 5 heteroatoms. The van der Waals surface area contributed by atoms with Crippen molar-refractivity contribution in [2.24, 2.45) is 0 Å². The second-order valence-corrected chi connectivity index (χ2v) is 6.17. The second-order valence-electron chi connectivity index (χ2n) is 5.76. The fraction of sp³-hybridized carbons (Fsp3) is 0.625. The van der Waals surface area contributed by atoms with Crippen LogP contribution >= 0.6 is 11.6 Å². The number of rotatable bonds is 3. The smallest absolute Gasteiger partial charge is 0.143 e. The van der Waals surface area contributed by atoms with Crippen molar-refractivity contribution in [1.82, 2.24) is 0 Å². The molecule has 0 aromatic heterocycles. The van der Waals surface area contributed by atoms with E-state index in [0.717, 1.165) is 44.5 Å². The van der Waals surface area contributed by atoms with Crippen LogP contribution in [0.5, 0.6) is 5.75 Å². The lowest BCUT2D eigenvalue weighted by molar-refractivity contribution is -0.155. The van der Waals surface area contributed by atoms with Gasteiger partial charge in [0, 0.05) is 31.6 Å². The molecule has 1 spiro atoms. The van der Waals surface area contributed by atoms with Crippen LogP contribution in [-0.2, 0) is 16.1 Å². The van der Waals surface area contributed by atoms with E-state index >= 15 is 0 Å². The summed E-state index contributed by atoms with van der Waals surface area (Å²) in [6, 6.07) is 5.45. The maximum Gasteiger partial charge on any atom is 0.143 e. The van der Waals surface area contributed by atoms with Gasteiger partial charge in [-0.1, -0.05) is 23.7 Å². The van der Waals surface area contributed by atoms with Crippen LogP contribution < -0.4 is 4.74 Å². The Hall–Kier alpha value is -0.810. The first kappa shape index (κ1) is 15.1. The topological polar surface area (TPSA) is 47.9 Å². The lowest BCUT2D eigenvalue weighted by atomic mass is 9.85. The molecule has 2 aliphatic rings. The van der Waals surface area contributed by atoms with E-state index in [-0.39, 0.29) is 18.3 Å². The van der Waals surface area contributed by atoms with Gasteiger partial charge in [0.1, 0.15) is 11.9 Å². The largest absolute Gasteiger partial charge is 0.488 e. The van der Waals surface area contributed by atoms with Gasteiger partial charge in [-0.2, -0.15) is 0 Å². The zero-order valence-corrected chi connectivity index (χ0v) is 12.8. The monoisotopic (exact) mass is 312 g/mol. The van der Waals surface area contributed by atoms with Gasteiger partial charge < -0.3 is 19.3 Å². The molecular weight excluding hydrogens is 292 g/mol. The average Bonchev–Trinajstić information content (AvgIpc) is 2.50. The van der Waals surface area contributed by atoms with Gasteiger partial charge in [0.05, 0.1) is 23.8 Å². The standard InChI is InChI=1S/C16H21ClO4/c17-14-3-1-2-12(11-18)15(14)21-13-4-7-20-16(10-13)5-8-19-9-6-16/h1-3,13,18H,4-11H2.